The molecule has 0 bridgehead atoms. The minimum Gasteiger partial charge on any atom is -0.369 e. The van der Waals surface area contributed by atoms with Crippen molar-refractivity contribution in [2.45, 2.75) is 0 Å². The van der Waals surface area contributed by atoms with Gasteiger partial charge < -0.3 is 10.6 Å². The van der Waals surface area contributed by atoms with Crippen molar-refractivity contribution in [3.05, 3.63) is 0 Å². The van der Waals surface area contributed by atoms with Gasteiger partial charge in [0.05, 0.1) is 6.54 Å². The summed E-state index contributed by atoms with van der Waals surface area (Å²) in [7, 11) is 2.08. The van der Waals surface area contributed by atoms with Crippen molar-refractivity contribution < 1.29 is 4.79 Å². The molecule has 0 spiro atoms. The van der Waals surface area contributed by atoms with Crippen molar-refractivity contribution in [1.82, 2.24) is 9.80 Å². The smallest absolute Gasteiger partial charge is 0.231 e. The Labute approximate surface area is 66.9 Å². The molecule has 1 aliphatic rings. The number of nitrogens with zero attached hydrogens (tertiary/aromatic N) is 2. The molecule has 1 fully saturated rings. The molecule has 0 saturated carbocycles. The van der Waals surface area contributed by atoms with Crippen LogP contribution < -0.4 is 5.73 Å². The zero-order valence-electron chi connectivity index (χ0n) is 6.92. The van der Waals surface area contributed by atoms with Gasteiger partial charge in [-0.15, -0.1) is 0 Å². The molecule has 1 saturated heterocycles. The van der Waals surface area contributed by atoms with Crippen LogP contribution in [0.4, 0.5) is 0 Å². The van der Waals surface area contributed by atoms with E-state index in [1.54, 1.807) is 0 Å². The van der Waals surface area contributed by atoms with E-state index >= 15 is 0 Å². The van der Waals surface area contributed by atoms with Crippen molar-refractivity contribution in [3.8, 4) is 0 Å². The van der Waals surface area contributed by atoms with E-state index in [0.717, 1.165) is 26.2 Å². The molecule has 2 N–H and O–H groups in total. The number of rotatable bonds is 2. The summed E-state index contributed by atoms with van der Waals surface area (Å²) in [6, 6.07) is 0. The van der Waals surface area contributed by atoms with E-state index in [9.17, 15) is 4.79 Å². The van der Waals surface area contributed by atoms with E-state index in [2.05, 4.69) is 16.8 Å². The molecule has 1 rings (SSSR count). The summed E-state index contributed by atoms with van der Waals surface area (Å²) in [6.45, 7) is 4.40. The van der Waals surface area contributed by atoms with Crippen LogP contribution in [0.3, 0.4) is 0 Å². The lowest BCUT2D eigenvalue weighted by Crippen LogP contribution is -2.47. The molecule has 0 aromatic heterocycles. The van der Waals surface area contributed by atoms with Crippen LogP contribution in [-0.2, 0) is 4.79 Å². The SMILES string of the molecule is CN1CCN(CC(N)=O)CC1. The van der Waals surface area contributed by atoms with E-state index in [0.29, 0.717) is 6.54 Å². The van der Waals surface area contributed by atoms with Crippen LogP contribution in [0, 0.1) is 0 Å². The van der Waals surface area contributed by atoms with E-state index in [-0.39, 0.29) is 5.91 Å². The Kier molecular flexibility index (Phi) is 2.84. The number of nitrogens with two attached hydrogens (primary N) is 1. The summed E-state index contributed by atoms with van der Waals surface area (Å²) in [6.07, 6.45) is 0. The number of piperazine rings is 1. The fraction of sp³-hybridized carbons (Fsp3) is 0.857. The molecular formula is C7H15N3O. The lowest BCUT2D eigenvalue weighted by Gasteiger charge is -2.31. The summed E-state index contributed by atoms with van der Waals surface area (Å²) < 4.78 is 0. The molecule has 0 aliphatic carbocycles. The third kappa shape index (κ3) is 2.86. The van der Waals surface area contributed by atoms with E-state index in [4.69, 9.17) is 5.73 Å². The predicted octanol–water partition coefficient (Wildman–Crippen LogP) is -1.28. The van der Waals surface area contributed by atoms with Gasteiger partial charge in [0.2, 0.25) is 5.91 Å². The number of primary amides is 1. The number of hydrogen-bond acceptors (Lipinski definition) is 3. The van der Waals surface area contributed by atoms with Gasteiger partial charge >= 0.3 is 0 Å². The minimum atomic E-state index is -0.227. The second-order valence-corrected chi connectivity index (χ2v) is 3.05. The molecular weight excluding hydrogens is 142 g/mol. The Bertz CT molecular complexity index is 141. The number of amides is 1. The molecule has 0 unspecified atom stereocenters. The summed E-state index contributed by atoms with van der Waals surface area (Å²) in [5.74, 6) is -0.227. The molecule has 1 amide bonds. The summed E-state index contributed by atoms with van der Waals surface area (Å²) in [5, 5.41) is 0. The highest BCUT2D eigenvalue weighted by atomic mass is 16.1. The Morgan fingerprint density at radius 3 is 2.36 bits per heavy atom. The second kappa shape index (κ2) is 3.69. The molecule has 0 aromatic rings. The molecule has 1 heterocycles. The van der Waals surface area contributed by atoms with Gasteiger partial charge in [0.15, 0.2) is 0 Å². The fourth-order valence-electron chi connectivity index (χ4n) is 1.23. The summed E-state index contributed by atoms with van der Waals surface area (Å²) in [4.78, 5) is 14.8. The monoisotopic (exact) mass is 157 g/mol. The summed E-state index contributed by atoms with van der Waals surface area (Å²) in [5.41, 5.74) is 5.06. The zero-order chi connectivity index (χ0) is 8.27. The van der Waals surface area contributed by atoms with Gasteiger partial charge in [-0.1, -0.05) is 0 Å². The molecule has 0 atom stereocenters. The number of carbonyl (C=O) groups is 1. The van der Waals surface area contributed by atoms with Crippen LogP contribution in [0.25, 0.3) is 0 Å². The molecule has 0 aromatic carbocycles. The molecule has 64 valence electrons. The average Bonchev–Trinajstić information content (AvgIpc) is 1.93. The lowest BCUT2D eigenvalue weighted by molar-refractivity contribution is -0.119. The minimum absolute atomic E-state index is 0.227. The van der Waals surface area contributed by atoms with Gasteiger partial charge in [0.1, 0.15) is 0 Å². The molecule has 4 heteroatoms. The summed E-state index contributed by atoms with van der Waals surface area (Å²) >= 11 is 0. The lowest BCUT2D eigenvalue weighted by atomic mass is 10.3. The quantitative estimate of drug-likeness (QED) is 0.543. The average molecular weight is 157 g/mol. The second-order valence-electron chi connectivity index (χ2n) is 3.05. The maximum absolute atomic E-state index is 10.5. The molecule has 4 nitrogen and oxygen atoms in total. The van der Waals surface area contributed by atoms with Crippen LogP contribution in [0.2, 0.25) is 0 Å². The van der Waals surface area contributed by atoms with Crippen molar-refractivity contribution in [2.24, 2.45) is 5.73 Å². The first-order valence-corrected chi connectivity index (χ1v) is 3.87. The molecule has 1 aliphatic heterocycles. The van der Waals surface area contributed by atoms with Crippen LogP contribution in [0.5, 0.6) is 0 Å². The molecule has 11 heavy (non-hydrogen) atoms. The number of carbonyl (C=O) groups excluding carboxylic acids is 1. The Hall–Kier alpha value is -0.610. The third-order valence-corrected chi connectivity index (χ3v) is 1.98. The first-order valence-electron chi connectivity index (χ1n) is 3.87. The first-order chi connectivity index (χ1) is 5.18. The maximum Gasteiger partial charge on any atom is 0.231 e. The van der Waals surface area contributed by atoms with Crippen molar-refractivity contribution >= 4 is 5.91 Å². The van der Waals surface area contributed by atoms with Crippen LogP contribution in [-0.4, -0.2) is 55.5 Å². The van der Waals surface area contributed by atoms with Crippen LogP contribution in [0.15, 0.2) is 0 Å². The third-order valence-electron chi connectivity index (χ3n) is 1.98. The Morgan fingerprint density at radius 1 is 1.36 bits per heavy atom. The van der Waals surface area contributed by atoms with E-state index in [1.807, 2.05) is 0 Å². The number of likely N-dealkylation sites (N-methyl/N-ethyl adjacent to an activating group) is 1. The van der Waals surface area contributed by atoms with Gasteiger partial charge in [-0.2, -0.15) is 0 Å². The predicted molar refractivity (Wildman–Crippen MR) is 43.1 cm³/mol. The molecule has 0 radical (unpaired) electrons. The largest absolute Gasteiger partial charge is 0.369 e. The van der Waals surface area contributed by atoms with Gasteiger partial charge in [-0.25, -0.2) is 0 Å². The van der Waals surface area contributed by atoms with Gasteiger partial charge in [-0.3, -0.25) is 9.69 Å². The Morgan fingerprint density at radius 2 is 1.91 bits per heavy atom. The number of hydrogen-bond donors (Lipinski definition) is 1. The van der Waals surface area contributed by atoms with E-state index < -0.39 is 0 Å². The standard InChI is InChI=1S/C7H15N3O/c1-9-2-4-10(5-3-9)6-7(8)11/h2-6H2,1H3,(H2,8,11). The van der Waals surface area contributed by atoms with Gasteiger partial charge in [0.25, 0.3) is 0 Å². The van der Waals surface area contributed by atoms with Crippen LogP contribution >= 0.6 is 0 Å². The Balaban J connectivity index is 2.22. The first kappa shape index (κ1) is 8.49. The van der Waals surface area contributed by atoms with Gasteiger partial charge in [-0.05, 0) is 7.05 Å². The van der Waals surface area contributed by atoms with Crippen molar-refractivity contribution in [2.75, 3.05) is 39.8 Å². The normalized spacial score (nSPS) is 21.9. The van der Waals surface area contributed by atoms with E-state index in [1.165, 1.54) is 0 Å². The fourth-order valence-corrected chi connectivity index (χ4v) is 1.23. The van der Waals surface area contributed by atoms with Crippen LogP contribution in [0.1, 0.15) is 0 Å². The maximum atomic E-state index is 10.5. The topological polar surface area (TPSA) is 49.6 Å². The van der Waals surface area contributed by atoms with Crippen molar-refractivity contribution in [3.63, 3.8) is 0 Å². The highest BCUT2D eigenvalue weighted by Crippen LogP contribution is 1.97. The highest BCUT2D eigenvalue weighted by Gasteiger charge is 2.14. The zero-order valence-corrected chi connectivity index (χ0v) is 6.92. The van der Waals surface area contributed by atoms with Crippen molar-refractivity contribution in [1.29, 1.82) is 0 Å². The van der Waals surface area contributed by atoms with Gasteiger partial charge in [0, 0.05) is 26.2 Å². The highest BCUT2D eigenvalue weighted by molar-refractivity contribution is 5.75.